The Morgan fingerprint density at radius 1 is 1.12 bits per heavy atom. The average molecular weight is 458 g/mol. The molecule has 0 unspecified atom stereocenters. The first-order valence-corrected chi connectivity index (χ1v) is 11.4. The molecule has 2 N–H and O–H groups in total. The second-order valence-corrected chi connectivity index (χ2v) is 8.66. The fourth-order valence-electron chi connectivity index (χ4n) is 4.60. The minimum atomic E-state index is -0.332. The number of nitrogens with two attached hydrogens (primary N) is 1. The molecule has 1 atom stereocenters. The number of rotatable bonds is 4. The molecular formula is C25H27N7O2. The SMILES string of the molecule is CC#CCn1c(N2CCC[C@@H](N)C2)nc2c(=O)n(C)n(Cc3ccc4ccccc4n3)c(=O)c21. The van der Waals surface area contributed by atoms with E-state index in [1.54, 1.807) is 18.5 Å². The van der Waals surface area contributed by atoms with E-state index < -0.39 is 0 Å². The Labute approximate surface area is 196 Å². The molecule has 0 bridgehead atoms. The van der Waals surface area contributed by atoms with Gasteiger partial charge >= 0.3 is 0 Å². The van der Waals surface area contributed by atoms with Crippen LogP contribution in [0.2, 0.25) is 0 Å². The molecule has 4 heterocycles. The minimum absolute atomic E-state index is 0.0257. The summed E-state index contributed by atoms with van der Waals surface area (Å²) in [5, 5.41) is 1.02. The van der Waals surface area contributed by atoms with Gasteiger partial charge in [-0.3, -0.25) is 19.1 Å². The van der Waals surface area contributed by atoms with Gasteiger partial charge in [0.1, 0.15) is 5.52 Å². The fourth-order valence-corrected chi connectivity index (χ4v) is 4.60. The average Bonchev–Trinajstić information content (AvgIpc) is 3.23. The van der Waals surface area contributed by atoms with Gasteiger partial charge in [-0.2, -0.15) is 0 Å². The smallest absolute Gasteiger partial charge is 0.293 e. The number of pyridine rings is 1. The summed E-state index contributed by atoms with van der Waals surface area (Å²) in [4.78, 5) is 38.4. The van der Waals surface area contributed by atoms with E-state index in [-0.39, 0.29) is 41.3 Å². The fraction of sp³-hybridized carbons (Fsp3) is 0.360. The molecule has 174 valence electrons. The van der Waals surface area contributed by atoms with Crippen molar-refractivity contribution in [2.24, 2.45) is 12.8 Å². The quantitative estimate of drug-likeness (QED) is 0.465. The molecule has 1 saturated heterocycles. The van der Waals surface area contributed by atoms with E-state index in [2.05, 4.69) is 26.7 Å². The zero-order valence-electron chi connectivity index (χ0n) is 19.4. The number of fused-ring (bicyclic) bond motifs is 2. The molecule has 1 aliphatic rings. The molecule has 9 nitrogen and oxygen atoms in total. The van der Waals surface area contributed by atoms with Crippen LogP contribution in [0.5, 0.6) is 0 Å². The van der Waals surface area contributed by atoms with Crippen molar-refractivity contribution in [2.75, 3.05) is 18.0 Å². The first-order chi connectivity index (χ1) is 16.5. The van der Waals surface area contributed by atoms with E-state index in [1.807, 2.05) is 36.4 Å². The van der Waals surface area contributed by atoms with E-state index in [9.17, 15) is 9.59 Å². The summed E-state index contributed by atoms with van der Waals surface area (Å²) >= 11 is 0. The molecule has 5 rings (SSSR count). The number of piperidine rings is 1. The third-order valence-corrected chi connectivity index (χ3v) is 6.37. The van der Waals surface area contributed by atoms with Crippen LogP contribution < -0.4 is 21.8 Å². The lowest BCUT2D eigenvalue weighted by molar-refractivity contribution is 0.494. The van der Waals surface area contributed by atoms with Gasteiger partial charge in [0.25, 0.3) is 11.1 Å². The molecule has 34 heavy (non-hydrogen) atoms. The third kappa shape index (κ3) is 3.76. The zero-order valence-corrected chi connectivity index (χ0v) is 19.4. The molecular weight excluding hydrogens is 430 g/mol. The van der Waals surface area contributed by atoms with Crippen molar-refractivity contribution in [1.29, 1.82) is 0 Å². The summed E-state index contributed by atoms with van der Waals surface area (Å²) in [6.45, 7) is 3.58. The van der Waals surface area contributed by atoms with Crippen LogP contribution in [0.4, 0.5) is 5.95 Å². The summed E-state index contributed by atoms with van der Waals surface area (Å²) in [6, 6.07) is 11.7. The number of nitrogens with zero attached hydrogens (tertiary/aromatic N) is 6. The first-order valence-electron chi connectivity index (χ1n) is 11.4. The lowest BCUT2D eigenvalue weighted by Crippen LogP contribution is -2.44. The lowest BCUT2D eigenvalue weighted by Gasteiger charge is -2.31. The molecule has 0 aliphatic carbocycles. The monoisotopic (exact) mass is 457 g/mol. The largest absolute Gasteiger partial charge is 0.341 e. The molecule has 0 spiro atoms. The van der Waals surface area contributed by atoms with Crippen molar-refractivity contribution in [2.45, 2.75) is 38.9 Å². The van der Waals surface area contributed by atoms with Crippen LogP contribution in [-0.4, -0.2) is 43.0 Å². The molecule has 0 amide bonds. The van der Waals surface area contributed by atoms with E-state index in [0.717, 1.165) is 30.3 Å². The standard InChI is InChI=1S/C25H27N7O2/c1-3-4-14-31-22-21(28-25(31)30-13-7-9-18(26)15-30)23(33)29(2)32(24(22)34)16-19-12-11-17-8-5-6-10-20(17)27-19/h5-6,8,10-12,18H,7,9,13-16,26H2,1-2H3/t18-/m1/s1. The molecule has 0 radical (unpaired) electrons. The third-order valence-electron chi connectivity index (χ3n) is 6.37. The van der Waals surface area contributed by atoms with Crippen molar-refractivity contribution in [3.63, 3.8) is 0 Å². The second kappa shape index (κ2) is 8.80. The Kier molecular flexibility index (Phi) is 5.67. The number of hydrogen-bond donors (Lipinski definition) is 1. The Morgan fingerprint density at radius 3 is 2.74 bits per heavy atom. The van der Waals surface area contributed by atoms with Gasteiger partial charge in [0.15, 0.2) is 5.52 Å². The Morgan fingerprint density at radius 2 is 1.94 bits per heavy atom. The molecule has 9 heteroatoms. The number of hydrogen-bond acceptors (Lipinski definition) is 6. The highest BCUT2D eigenvalue weighted by Crippen LogP contribution is 2.22. The van der Waals surface area contributed by atoms with E-state index >= 15 is 0 Å². The maximum absolute atomic E-state index is 13.7. The Balaban J connectivity index is 1.68. The summed E-state index contributed by atoms with van der Waals surface area (Å²) in [5.74, 6) is 6.49. The van der Waals surface area contributed by atoms with Crippen LogP contribution in [0, 0.1) is 11.8 Å². The number of benzene rings is 1. The maximum Gasteiger partial charge on any atom is 0.293 e. The second-order valence-electron chi connectivity index (χ2n) is 8.66. The van der Waals surface area contributed by atoms with Gasteiger partial charge in [0.2, 0.25) is 5.95 Å². The minimum Gasteiger partial charge on any atom is -0.341 e. The highest BCUT2D eigenvalue weighted by Gasteiger charge is 2.26. The maximum atomic E-state index is 13.7. The number of imidazole rings is 1. The van der Waals surface area contributed by atoms with E-state index in [0.29, 0.717) is 18.2 Å². The molecule has 4 aromatic rings. The summed E-state index contributed by atoms with van der Waals surface area (Å²) in [7, 11) is 1.59. The van der Waals surface area contributed by atoms with Gasteiger partial charge in [0, 0.05) is 31.6 Å². The Bertz CT molecular complexity index is 1570. The molecule has 1 fully saturated rings. The van der Waals surface area contributed by atoms with Crippen LogP contribution in [0.25, 0.3) is 21.9 Å². The lowest BCUT2D eigenvalue weighted by atomic mass is 10.1. The van der Waals surface area contributed by atoms with Crippen molar-refractivity contribution < 1.29 is 0 Å². The van der Waals surface area contributed by atoms with E-state index in [4.69, 9.17) is 5.73 Å². The van der Waals surface area contributed by atoms with Crippen LogP contribution in [0.1, 0.15) is 25.5 Å². The summed E-state index contributed by atoms with van der Waals surface area (Å²) in [6.07, 6.45) is 1.87. The van der Waals surface area contributed by atoms with Gasteiger partial charge < -0.3 is 10.6 Å². The predicted molar refractivity (Wildman–Crippen MR) is 133 cm³/mol. The van der Waals surface area contributed by atoms with Gasteiger partial charge in [0.05, 0.1) is 24.3 Å². The van der Waals surface area contributed by atoms with Gasteiger partial charge in [-0.1, -0.05) is 30.2 Å². The molecule has 1 aromatic carbocycles. The van der Waals surface area contributed by atoms with E-state index in [1.165, 1.54) is 9.36 Å². The first kappa shape index (κ1) is 21.9. The normalized spacial score (nSPS) is 16.1. The van der Waals surface area contributed by atoms with Crippen molar-refractivity contribution in [3.05, 3.63) is 62.8 Å². The summed E-state index contributed by atoms with van der Waals surface area (Å²) < 4.78 is 4.51. The zero-order chi connectivity index (χ0) is 23.8. The number of anilines is 1. The number of para-hydroxylation sites is 1. The van der Waals surface area contributed by atoms with Crippen LogP contribution in [0.15, 0.2) is 46.0 Å². The van der Waals surface area contributed by atoms with Crippen molar-refractivity contribution in [1.82, 2.24) is 23.9 Å². The van der Waals surface area contributed by atoms with Gasteiger partial charge in [-0.25, -0.2) is 14.3 Å². The van der Waals surface area contributed by atoms with Crippen LogP contribution in [0.3, 0.4) is 0 Å². The topological polar surface area (TPSA) is 104 Å². The molecule has 3 aromatic heterocycles. The van der Waals surface area contributed by atoms with Crippen LogP contribution in [-0.2, 0) is 20.1 Å². The number of aromatic nitrogens is 5. The summed E-state index contributed by atoms with van der Waals surface area (Å²) in [5.41, 5.74) is 7.51. The van der Waals surface area contributed by atoms with Gasteiger partial charge in [-0.05, 0) is 31.9 Å². The van der Waals surface area contributed by atoms with Crippen LogP contribution >= 0.6 is 0 Å². The highest BCUT2D eigenvalue weighted by molar-refractivity contribution is 5.79. The molecule has 1 aliphatic heterocycles. The van der Waals surface area contributed by atoms with Gasteiger partial charge in [-0.15, -0.1) is 5.92 Å². The predicted octanol–water partition coefficient (Wildman–Crippen LogP) is 1.44. The Hall–Kier alpha value is -3.90. The highest BCUT2D eigenvalue weighted by atomic mass is 16.2. The van der Waals surface area contributed by atoms with Crippen molar-refractivity contribution in [3.8, 4) is 11.8 Å². The van der Waals surface area contributed by atoms with Crippen molar-refractivity contribution >= 4 is 27.9 Å². The molecule has 0 saturated carbocycles.